The topological polar surface area (TPSA) is 107 Å². The second-order valence-corrected chi connectivity index (χ2v) is 16.2. The van der Waals surface area contributed by atoms with Gasteiger partial charge in [0.15, 0.2) is 0 Å². The van der Waals surface area contributed by atoms with Crippen molar-refractivity contribution in [1.82, 2.24) is 0 Å². The van der Waals surface area contributed by atoms with E-state index in [1.807, 2.05) is 24.3 Å². The summed E-state index contributed by atoms with van der Waals surface area (Å²) in [7, 11) is 0. The minimum absolute atomic E-state index is 0.116. The number of carbonyl (C=O) groups excluding carboxylic acids is 3. The van der Waals surface area contributed by atoms with Crippen LogP contribution in [0.15, 0.2) is 130 Å². The molecule has 0 bridgehead atoms. The average molecular weight is 753 g/mol. The Morgan fingerprint density at radius 1 is 0.745 bits per heavy atom. The lowest BCUT2D eigenvalue weighted by molar-refractivity contribution is -0.151. The van der Waals surface area contributed by atoms with Crippen molar-refractivity contribution in [2.75, 3.05) is 0 Å². The van der Waals surface area contributed by atoms with Gasteiger partial charge in [-0.2, -0.15) is 0 Å². The molecule has 3 atom stereocenters. The summed E-state index contributed by atoms with van der Waals surface area (Å²) in [6.07, 6.45) is 33.7. The van der Waals surface area contributed by atoms with Gasteiger partial charge in [-0.3, -0.25) is 14.4 Å². The van der Waals surface area contributed by atoms with Crippen LogP contribution in [0, 0.1) is 16.7 Å². The molecule has 7 heteroatoms. The third-order valence-electron chi connectivity index (χ3n) is 9.89. The maximum absolute atomic E-state index is 12.1. The Bertz CT molecular complexity index is 1730. The van der Waals surface area contributed by atoms with E-state index in [1.165, 1.54) is 11.1 Å². The number of rotatable bonds is 18. The van der Waals surface area contributed by atoms with Crippen LogP contribution in [0.25, 0.3) is 0 Å². The van der Waals surface area contributed by atoms with E-state index < -0.39 is 11.9 Å². The van der Waals surface area contributed by atoms with Gasteiger partial charge < -0.3 is 19.4 Å². The number of esters is 2. The van der Waals surface area contributed by atoms with Crippen LogP contribution in [0.1, 0.15) is 114 Å². The lowest BCUT2D eigenvalue weighted by atomic mass is 9.67. The van der Waals surface area contributed by atoms with E-state index >= 15 is 0 Å². The maximum Gasteiger partial charge on any atom is 0.306 e. The van der Waals surface area contributed by atoms with E-state index in [-0.39, 0.29) is 60.6 Å². The first kappa shape index (κ1) is 46.4. The fourth-order valence-corrected chi connectivity index (χ4v) is 7.10. The largest absolute Gasteiger partial charge is 0.481 e. The summed E-state index contributed by atoms with van der Waals surface area (Å²) < 4.78 is 11.2. The molecule has 0 saturated carbocycles. The zero-order valence-corrected chi connectivity index (χ0v) is 34.8. The molecule has 0 aromatic rings. The molecule has 7 nitrogen and oxygen atoms in total. The summed E-state index contributed by atoms with van der Waals surface area (Å²) in [5.74, 6) is -1.59. The van der Waals surface area contributed by atoms with Crippen LogP contribution in [0.4, 0.5) is 0 Å². The Kier molecular flexibility index (Phi) is 19.0. The van der Waals surface area contributed by atoms with Gasteiger partial charge in [-0.25, -0.2) is 0 Å². The van der Waals surface area contributed by atoms with E-state index in [0.717, 1.165) is 40.6 Å². The van der Waals surface area contributed by atoms with Gasteiger partial charge in [0, 0.05) is 18.8 Å². The van der Waals surface area contributed by atoms with Crippen LogP contribution in [-0.4, -0.2) is 41.5 Å². The number of carboxylic acid groups (broad SMARTS) is 1. The van der Waals surface area contributed by atoms with Gasteiger partial charge >= 0.3 is 17.9 Å². The van der Waals surface area contributed by atoms with Crippen LogP contribution in [-0.2, 0) is 28.7 Å². The molecule has 55 heavy (non-hydrogen) atoms. The Morgan fingerprint density at radius 2 is 1.29 bits per heavy atom. The minimum Gasteiger partial charge on any atom is -0.481 e. The lowest BCUT2D eigenvalue weighted by Gasteiger charge is -2.39. The monoisotopic (exact) mass is 752 g/mol. The van der Waals surface area contributed by atoms with E-state index in [9.17, 15) is 19.2 Å². The van der Waals surface area contributed by atoms with Crippen molar-refractivity contribution >= 4 is 24.2 Å². The first-order valence-corrected chi connectivity index (χ1v) is 19.3. The van der Waals surface area contributed by atoms with Crippen LogP contribution in [0.5, 0.6) is 0 Å². The van der Waals surface area contributed by atoms with E-state index in [1.54, 1.807) is 0 Å². The Balaban J connectivity index is 1.91. The van der Waals surface area contributed by atoms with Crippen LogP contribution >= 0.6 is 0 Å². The van der Waals surface area contributed by atoms with Gasteiger partial charge in [0.05, 0.1) is 19.3 Å². The number of ether oxygens (including phenoxy) is 2. The fourth-order valence-electron chi connectivity index (χ4n) is 7.10. The number of carbonyl (C=O) groups is 4. The normalized spacial score (nSPS) is 22.7. The second-order valence-electron chi connectivity index (χ2n) is 16.2. The summed E-state index contributed by atoms with van der Waals surface area (Å²) in [6, 6.07) is 0. The highest BCUT2D eigenvalue weighted by Crippen LogP contribution is 2.43. The first-order chi connectivity index (χ1) is 25.8. The van der Waals surface area contributed by atoms with Crippen molar-refractivity contribution in [3.05, 3.63) is 130 Å². The molecule has 1 N–H and O–H groups in total. The summed E-state index contributed by atoms with van der Waals surface area (Å²) >= 11 is 0. The molecule has 0 fully saturated rings. The molecule has 3 unspecified atom stereocenters. The molecular formula is C48H64O7. The number of hydrogen-bond acceptors (Lipinski definition) is 6. The van der Waals surface area contributed by atoms with Gasteiger partial charge in [0.25, 0.3) is 0 Å². The third kappa shape index (κ3) is 17.5. The Morgan fingerprint density at radius 3 is 1.84 bits per heavy atom. The smallest absolute Gasteiger partial charge is 0.306 e. The Hall–Kier alpha value is -4.78. The molecular weight excluding hydrogens is 689 g/mol. The summed E-state index contributed by atoms with van der Waals surface area (Å²) in [5, 5.41) is 8.82. The molecule has 0 aromatic heterocycles. The number of carboxylic acids is 1. The van der Waals surface area contributed by atoms with E-state index in [0.29, 0.717) is 12.8 Å². The van der Waals surface area contributed by atoms with Crippen LogP contribution in [0.2, 0.25) is 0 Å². The maximum atomic E-state index is 12.1. The van der Waals surface area contributed by atoms with Crippen molar-refractivity contribution in [3.8, 4) is 0 Å². The van der Waals surface area contributed by atoms with Gasteiger partial charge in [-0.05, 0) is 76.9 Å². The predicted octanol–water partition coefficient (Wildman–Crippen LogP) is 11.3. The van der Waals surface area contributed by atoms with Crippen molar-refractivity contribution < 1.29 is 33.8 Å². The number of allylic oxidation sites excluding steroid dienone is 20. The molecule has 2 rings (SSSR count). The van der Waals surface area contributed by atoms with Gasteiger partial charge in [0.1, 0.15) is 18.5 Å². The van der Waals surface area contributed by atoms with Crippen molar-refractivity contribution in [3.63, 3.8) is 0 Å². The quantitative estimate of drug-likeness (QED) is 0.0643. The zero-order chi connectivity index (χ0) is 41.2. The molecule has 0 aromatic carbocycles. The fraction of sp³-hybridized carbons (Fsp3) is 0.458. The average Bonchev–Trinajstić information content (AvgIpc) is 3.06. The molecule has 0 saturated heterocycles. The number of aldehydes is 1. The molecule has 0 amide bonds. The minimum atomic E-state index is -1.00. The molecule has 2 aliphatic rings. The molecule has 2 aliphatic carbocycles. The van der Waals surface area contributed by atoms with Gasteiger partial charge in [-0.1, -0.05) is 146 Å². The highest BCUT2D eigenvalue weighted by atomic mass is 16.5. The number of aliphatic carboxylic acids is 1. The summed E-state index contributed by atoms with van der Waals surface area (Å²) in [4.78, 5) is 45.5. The Labute approximate surface area is 330 Å². The van der Waals surface area contributed by atoms with Crippen molar-refractivity contribution in [1.29, 1.82) is 0 Å². The van der Waals surface area contributed by atoms with Crippen LogP contribution < -0.4 is 0 Å². The van der Waals surface area contributed by atoms with E-state index in [2.05, 4.69) is 136 Å². The molecule has 0 aliphatic heterocycles. The molecule has 298 valence electrons. The summed E-state index contributed by atoms with van der Waals surface area (Å²) in [6.45, 7) is 21.2. The SMILES string of the molecule is CC1=CC(OC(=O)CCC(=O)O)CC(C)(C)C1/C=C/C(C)=C/C=C/C(C)=C/C=C/C=C(C)/C=C/C=C(C)/C=C/C1=C(C)CC(OC(=O)CCC=O)CC1(C)C. The molecule has 0 heterocycles. The first-order valence-electron chi connectivity index (χ1n) is 19.3. The highest BCUT2D eigenvalue weighted by Gasteiger charge is 2.37. The third-order valence-corrected chi connectivity index (χ3v) is 9.89. The lowest BCUT2D eigenvalue weighted by Crippen LogP contribution is -2.35. The predicted molar refractivity (Wildman–Crippen MR) is 224 cm³/mol. The van der Waals surface area contributed by atoms with Crippen molar-refractivity contribution in [2.45, 2.75) is 126 Å². The second kappa shape index (κ2) is 22.6. The van der Waals surface area contributed by atoms with E-state index in [4.69, 9.17) is 14.6 Å². The number of hydrogen-bond donors (Lipinski definition) is 1. The summed E-state index contributed by atoms with van der Waals surface area (Å²) in [5.41, 5.74) is 7.91. The molecule has 0 radical (unpaired) electrons. The van der Waals surface area contributed by atoms with Crippen molar-refractivity contribution in [2.24, 2.45) is 16.7 Å². The zero-order valence-electron chi connectivity index (χ0n) is 34.8. The molecule has 0 spiro atoms. The van der Waals surface area contributed by atoms with Gasteiger partial charge in [-0.15, -0.1) is 0 Å². The van der Waals surface area contributed by atoms with Crippen LogP contribution in [0.3, 0.4) is 0 Å². The standard InChI is InChI=1S/C48H64O7/c1-34(18-13-20-36(3)23-25-42-38(5)30-40(32-47(42,7)8)54-45(52)22-15-29-49)16-11-12-17-35(2)19-14-21-37(4)24-26-43-39(6)31-41(33-48(43,9)10)55-46(53)28-27-44(50)51/h11-14,16-21,23-26,29,31,40-41,43H,15,22,27-28,30,32-33H2,1-10H3,(H,50,51)/b12-11+,18-13+,19-14+,25-23+,26-24+,34-16+,35-17+,36-20+,37-21+. The van der Waals surface area contributed by atoms with Gasteiger partial charge in [0.2, 0.25) is 0 Å². The highest BCUT2D eigenvalue weighted by molar-refractivity contribution is 5.76.